The molecule has 2 amide bonds. The van der Waals surface area contributed by atoms with Crippen LogP contribution in [0, 0.1) is 0 Å². The molecule has 1 N–H and O–H groups in total. The number of carbonyl (C=O) groups is 3. The maximum atomic E-state index is 15.5. The summed E-state index contributed by atoms with van der Waals surface area (Å²) in [6, 6.07) is 44.3. The number of hydrogen-bond acceptors (Lipinski definition) is 8. The molecule has 2 heterocycles. The predicted molar refractivity (Wildman–Crippen MR) is 195 cm³/mol. The lowest BCUT2D eigenvalue weighted by atomic mass is 10.0. The van der Waals surface area contributed by atoms with Gasteiger partial charge >= 0.3 is 13.3 Å². The van der Waals surface area contributed by atoms with Crippen molar-refractivity contribution < 1.29 is 32.9 Å². The molecular weight excluding hydrogens is 683 g/mol. The molecule has 0 saturated carbocycles. The van der Waals surface area contributed by atoms with Gasteiger partial charge in [-0.1, -0.05) is 127 Å². The molecule has 1 fully saturated rings. The number of nitrogens with one attached hydrogen (secondary N) is 1. The average Bonchev–Trinajstić information content (AvgIpc) is 3.16. The molecule has 5 aromatic carbocycles. The van der Waals surface area contributed by atoms with Crippen molar-refractivity contribution in [3.8, 4) is 5.75 Å². The molecule has 1 saturated heterocycles. The first-order valence-electron chi connectivity index (χ1n) is 16.3. The Balaban J connectivity index is 1.47. The van der Waals surface area contributed by atoms with Crippen molar-refractivity contribution in [2.45, 2.75) is 29.9 Å². The molecule has 0 spiro atoms. The summed E-state index contributed by atoms with van der Waals surface area (Å²) in [4.78, 5) is 42.7. The smallest absolute Gasteiger partial charge is 0.359 e. The van der Waals surface area contributed by atoms with Crippen molar-refractivity contribution in [1.29, 1.82) is 0 Å². The standard InChI is InChI=1S/C40H33N2O7PS/c1-28(43)41-40(48-31-21-11-4-12-22-31)38(49-50(46,32-23-13-5-14-24-32)33-25-15-6-16-26-33)36(42-34(44)27-35(42)51-40)39(45)47-37(29-17-7-2-8-18-29)30-19-9-3-10-20-30/h2-26,35,37H,27H2,1H3,(H,41,43)/t35-,40?/m1/s1. The number of benzene rings is 5. The van der Waals surface area contributed by atoms with Gasteiger partial charge in [0.05, 0.1) is 22.4 Å². The molecule has 9 nitrogen and oxygen atoms in total. The van der Waals surface area contributed by atoms with Gasteiger partial charge in [0.1, 0.15) is 5.75 Å². The van der Waals surface area contributed by atoms with Gasteiger partial charge in [-0.2, -0.15) is 0 Å². The number of fused-ring (bicyclic) bond motifs is 1. The zero-order chi connectivity index (χ0) is 35.4. The van der Waals surface area contributed by atoms with Crippen LogP contribution < -0.4 is 20.7 Å². The van der Waals surface area contributed by atoms with Crippen LogP contribution in [0.5, 0.6) is 5.75 Å². The molecule has 2 aliphatic heterocycles. The summed E-state index contributed by atoms with van der Waals surface area (Å²) in [5.74, 6) is -1.83. The Morgan fingerprint density at radius 2 is 1.24 bits per heavy atom. The third-order valence-corrected chi connectivity index (χ3v) is 12.1. The van der Waals surface area contributed by atoms with Gasteiger partial charge in [-0.15, -0.1) is 0 Å². The second-order valence-corrected chi connectivity index (χ2v) is 15.5. The van der Waals surface area contributed by atoms with Crippen molar-refractivity contribution in [1.82, 2.24) is 10.2 Å². The fourth-order valence-corrected chi connectivity index (χ4v) is 9.70. The molecule has 1 unspecified atom stereocenters. The van der Waals surface area contributed by atoms with Crippen molar-refractivity contribution >= 4 is 47.5 Å². The zero-order valence-electron chi connectivity index (χ0n) is 27.5. The number of β-lactam (4-membered cyclic amide) rings is 1. The van der Waals surface area contributed by atoms with Crippen LogP contribution in [-0.4, -0.2) is 33.1 Å². The van der Waals surface area contributed by atoms with Gasteiger partial charge in [0.2, 0.25) is 17.6 Å². The van der Waals surface area contributed by atoms with Crippen LogP contribution in [0.15, 0.2) is 163 Å². The topological polar surface area (TPSA) is 111 Å². The second kappa shape index (κ2) is 14.3. The van der Waals surface area contributed by atoms with Gasteiger partial charge in [0, 0.05) is 6.92 Å². The Hall–Kier alpha value is -5.57. The molecule has 51 heavy (non-hydrogen) atoms. The second-order valence-electron chi connectivity index (χ2n) is 11.9. The van der Waals surface area contributed by atoms with Gasteiger partial charge < -0.3 is 19.3 Å². The van der Waals surface area contributed by atoms with Gasteiger partial charge in [-0.05, 0) is 47.5 Å². The molecule has 2 atom stereocenters. The number of nitrogens with zero attached hydrogens (tertiary/aromatic N) is 1. The summed E-state index contributed by atoms with van der Waals surface area (Å²) in [5, 5.41) is 0.903. The van der Waals surface area contributed by atoms with E-state index in [-0.39, 0.29) is 23.8 Å². The lowest BCUT2D eigenvalue weighted by Crippen LogP contribution is -2.64. The van der Waals surface area contributed by atoms with E-state index in [0.29, 0.717) is 27.5 Å². The molecule has 2 aliphatic rings. The maximum Gasteiger partial charge on any atom is 0.359 e. The number of thioether (sulfide) groups is 1. The molecule has 0 bridgehead atoms. The number of ether oxygens (including phenoxy) is 2. The van der Waals surface area contributed by atoms with Gasteiger partial charge in [-0.3, -0.25) is 19.1 Å². The monoisotopic (exact) mass is 716 g/mol. The molecule has 0 radical (unpaired) electrons. The lowest BCUT2D eigenvalue weighted by molar-refractivity contribution is -0.153. The SMILES string of the molecule is CC(=O)NC1(Oc2ccccc2)S[C@@H]2CC(=O)N2C(C(=O)OC(c2ccccc2)c2ccccc2)=C1OP(=O)(c1ccccc1)c1ccccc1. The third kappa shape index (κ3) is 6.80. The zero-order valence-corrected chi connectivity index (χ0v) is 29.2. The summed E-state index contributed by atoms with van der Waals surface area (Å²) in [7, 11) is -4.14. The van der Waals surface area contributed by atoms with E-state index >= 15 is 4.57 Å². The Kier molecular flexibility index (Phi) is 9.54. The largest absolute Gasteiger partial charge is 0.451 e. The van der Waals surface area contributed by atoms with Crippen LogP contribution in [-0.2, 0) is 28.2 Å². The van der Waals surface area contributed by atoms with Gasteiger partial charge in [0.15, 0.2) is 11.8 Å². The summed E-state index contributed by atoms with van der Waals surface area (Å²) < 4.78 is 35.2. The quantitative estimate of drug-likeness (QED) is 0.0701. The first-order valence-corrected chi connectivity index (χ1v) is 18.8. The Morgan fingerprint density at radius 3 is 1.71 bits per heavy atom. The Labute approximate surface area is 299 Å². The van der Waals surface area contributed by atoms with E-state index in [4.69, 9.17) is 14.0 Å². The molecule has 11 heteroatoms. The van der Waals surface area contributed by atoms with E-state index < -0.39 is 35.8 Å². The van der Waals surface area contributed by atoms with Crippen LogP contribution in [0.2, 0.25) is 0 Å². The van der Waals surface area contributed by atoms with Crippen LogP contribution in [0.4, 0.5) is 0 Å². The summed E-state index contributed by atoms with van der Waals surface area (Å²) in [6.45, 7) is 1.30. The van der Waals surface area contributed by atoms with Crippen LogP contribution in [0.3, 0.4) is 0 Å². The molecule has 0 aliphatic carbocycles. The lowest BCUT2D eigenvalue weighted by Gasteiger charge is -2.50. The number of hydrogen-bond donors (Lipinski definition) is 1. The molecule has 0 aromatic heterocycles. The van der Waals surface area contributed by atoms with Crippen molar-refractivity contribution in [2.75, 3.05) is 0 Å². The highest BCUT2D eigenvalue weighted by Crippen LogP contribution is 2.56. The molecule has 5 aromatic rings. The molecular formula is C40H33N2O7PS. The minimum atomic E-state index is -4.14. The number of carbonyl (C=O) groups excluding carboxylic acids is 3. The minimum Gasteiger partial charge on any atom is -0.451 e. The van der Waals surface area contributed by atoms with E-state index in [1.54, 1.807) is 91.0 Å². The normalized spacial score (nSPS) is 18.4. The van der Waals surface area contributed by atoms with Gasteiger partial charge in [-0.25, -0.2) is 4.79 Å². The van der Waals surface area contributed by atoms with E-state index in [9.17, 15) is 14.4 Å². The summed E-state index contributed by atoms with van der Waals surface area (Å²) in [6.07, 6.45) is -0.845. The van der Waals surface area contributed by atoms with E-state index in [1.165, 1.54) is 11.8 Å². The summed E-state index contributed by atoms with van der Waals surface area (Å²) in [5.41, 5.74) is 1.05. The third-order valence-electron chi connectivity index (χ3n) is 8.34. The highest BCUT2D eigenvalue weighted by Gasteiger charge is 2.60. The van der Waals surface area contributed by atoms with Crippen molar-refractivity contribution in [3.05, 3.63) is 174 Å². The molecule has 256 valence electrons. The maximum absolute atomic E-state index is 15.5. The van der Waals surface area contributed by atoms with E-state index in [2.05, 4.69) is 5.32 Å². The minimum absolute atomic E-state index is 0.0457. The number of esters is 1. The van der Waals surface area contributed by atoms with E-state index in [1.807, 2.05) is 60.7 Å². The first kappa shape index (κ1) is 33.9. The average molecular weight is 717 g/mol. The van der Waals surface area contributed by atoms with Crippen LogP contribution in [0.25, 0.3) is 0 Å². The van der Waals surface area contributed by atoms with Gasteiger partial charge in [0.25, 0.3) is 5.06 Å². The Bertz CT molecular complexity index is 2040. The van der Waals surface area contributed by atoms with E-state index in [0.717, 1.165) is 11.8 Å². The van der Waals surface area contributed by atoms with Crippen molar-refractivity contribution in [2.24, 2.45) is 0 Å². The van der Waals surface area contributed by atoms with Crippen LogP contribution in [0.1, 0.15) is 30.6 Å². The highest BCUT2D eigenvalue weighted by atomic mass is 32.2. The number of rotatable bonds is 11. The fourth-order valence-electron chi connectivity index (χ4n) is 6.00. The van der Waals surface area contributed by atoms with Crippen LogP contribution >= 0.6 is 19.1 Å². The Morgan fingerprint density at radius 1 is 0.765 bits per heavy atom. The highest BCUT2D eigenvalue weighted by molar-refractivity contribution is 8.01. The molecule has 7 rings (SSSR count). The number of para-hydroxylation sites is 1. The number of amides is 2. The predicted octanol–water partition coefficient (Wildman–Crippen LogP) is 6.65. The first-order chi connectivity index (χ1) is 24.8. The summed E-state index contributed by atoms with van der Waals surface area (Å²) >= 11 is 1.07. The van der Waals surface area contributed by atoms with Crippen molar-refractivity contribution in [3.63, 3.8) is 0 Å². The fraction of sp³-hybridized carbons (Fsp3) is 0.125.